The lowest BCUT2D eigenvalue weighted by molar-refractivity contribution is 0.0442. The van der Waals surface area contributed by atoms with Gasteiger partial charge in [0.1, 0.15) is 0 Å². The fraction of sp³-hybridized carbons (Fsp3) is 1.00. The highest BCUT2D eigenvalue weighted by atomic mass is 16.5. The number of rotatable bonds is 3. The van der Waals surface area contributed by atoms with E-state index in [9.17, 15) is 0 Å². The molecule has 88 valence electrons. The van der Waals surface area contributed by atoms with Gasteiger partial charge in [-0.1, -0.05) is 12.8 Å². The normalized spacial score (nSPS) is 34.2. The highest BCUT2D eigenvalue weighted by Crippen LogP contribution is 2.32. The summed E-state index contributed by atoms with van der Waals surface area (Å²) in [6.07, 6.45) is 10.3. The van der Waals surface area contributed by atoms with Gasteiger partial charge in [0.25, 0.3) is 0 Å². The molecule has 1 N–H and O–H groups in total. The lowest BCUT2D eigenvalue weighted by Crippen LogP contribution is -2.30. The molecule has 2 nitrogen and oxygen atoms in total. The van der Waals surface area contributed by atoms with Crippen molar-refractivity contribution in [3.63, 3.8) is 0 Å². The molecule has 2 aliphatic rings. The molecule has 1 saturated carbocycles. The van der Waals surface area contributed by atoms with Crippen molar-refractivity contribution in [2.75, 3.05) is 20.2 Å². The van der Waals surface area contributed by atoms with E-state index in [0.717, 1.165) is 11.8 Å². The third-order valence-electron chi connectivity index (χ3n) is 4.19. The van der Waals surface area contributed by atoms with Gasteiger partial charge in [-0.2, -0.15) is 0 Å². The summed E-state index contributed by atoms with van der Waals surface area (Å²) < 4.78 is 5.50. The zero-order valence-corrected chi connectivity index (χ0v) is 10.0. The molecular weight excluding hydrogens is 186 g/mol. The van der Waals surface area contributed by atoms with Gasteiger partial charge in [0.15, 0.2) is 0 Å². The van der Waals surface area contributed by atoms with Gasteiger partial charge in [-0.3, -0.25) is 0 Å². The van der Waals surface area contributed by atoms with Crippen LogP contribution in [0.15, 0.2) is 0 Å². The van der Waals surface area contributed by atoms with Gasteiger partial charge in [0.2, 0.25) is 0 Å². The quantitative estimate of drug-likeness (QED) is 0.774. The van der Waals surface area contributed by atoms with Crippen LogP contribution in [0.5, 0.6) is 0 Å². The lowest BCUT2D eigenvalue weighted by Gasteiger charge is -2.32. The Balaban J connectivity index is 1.72. The maximum Gasteiger partial charge on any atom is 0.0574 e. The molecule has 0 spiro atoms. The molecule has 0 amide bonds. The van der Waals surface area contributed by atoms with E-state index in [1.165, 1.54) is 58.0 Å². The van der Waals surface area contributed by atoms with Crippen molar-refractivity contribution in [1.82, 2.24) is 5.32 Å². The number of hydrogen-bond donors (Lipinski definition) is 1. The Morgan fingerprint density at radius 1 is 1.07 bits per heavy atom. The Morgan fingerprint density at radius 3 is 2.60 bits per heavy atom. The molecule has 2 rings (SSSR count). The highest BCUT2D eigenvalue weighted by molar-refractivity contribution is 4.78. The Bertz CT molecular complexity index is 177. The Hall–Kier alpha value is -0.0800. The smallest absolute Gasteiger partial charge is 0.0574 e. The second-order valence-corrected chi connectivity index (χ2v) is 5.32. The van der Waals surface area contributed by atoms with Crippen molar-refractivity contribution in [2.24, 2.45) is 11.8 Å². The van der Waals surface area contributed by atoms with Crippen LogP contribution in [0.1, 0.15) is 44.9 Å². The van der Waals surface area contributed by atoms with Crippen molar-refractivity contribution in [2.45, 2.75) is 51.0 Å². The van der Waals surface area contributed by atoms with Crippen molar-refractivity contribution in [3.05, 3.63) is 0 Å². The van der Waals surface area contributed by atoms with Crippen molar-refractivity contribution in [3.8, 4) is 0 Å². The zero-order chi connectivity index (χ0) is 10.5. The van der Waals surface area contributed by atoms with Gasteiger partial charge in [-0.25, -0.2) is 0 Å². The largest absolute Gasteiger partial charge is 0.381 e. The molecule has 0 aromatic rings. The summed E-state index contributed by atoms with van der Waals surface area (Å²) in [5, 5.41) is 3.45. The van der Waals surface area contributed by atoms with Crippen LogP contribution in [0.25, 0.3) is 0 Å². The standard InChI is InChI=1S/C13H25NO/c1-15-13-4-2-3-12(10-13)9-11-5-7-14-8-6-11/h11-14H,2-10H2,1H3. The third kappa shape index (κ3) is 3.46. The molecule has 2 atom stereocenters. The number of ether oxygens (including phenoxy) is 1. The minimum Gasteiger partial charge on any atom is -0.381 e. The Morgan fingerprint density at radius 2 is 1.87 bits per heavy atom. The maximum absolute atomic E-state index is 5.50. The number of nitrogens with one attached hydrogen (secondary N) is 1. The predicted octanol–water partition coefficient (Wildman–Crippen LogP) is 2.58. The Labute approximate surface area is 93.8 Å². The first kappa shape index (κ1) is 11.4. The molecule has 1 saturated heterocycles. The summed E-state index contributed by atoms with van der Waals surface area (Å²) in [6.45, 7) is 2.48. The van der Waals surface area contributed by atoms with E-state index in [4.69, 9.17) is 4.74 Å². The summed E-state index contributed by atoms with van der Waals surface area (Å²) in [6, 6.07) is 0. The van der Waals surface area contributed by atoms with Crippen LogP contribution in [-0.2, 0) is 4.74 Å². The second-order valence-electron chi connectivity index (χ2n) is 5.32. The molecule has 0 aromatic heterocycles. The van der Waals surface area contributed by atoms with Crippen molar-refractivity contribution >= 4 is 0 Å². The van der Waals surface area contributed by atoms with Crippen molar-refractivity contribution in [1.29, 1.82) is 0 Å². The van der Waals surface area contributed by atoms with E-state index >= 15 is 0 Å². The minimum absolute atomic E-state index is 0.561. The van der Waals surface area contributed by atoms with Gasteiger partial charge >= 0.3 is 0 Å². The van der Waals surface area contributed by atoms with Crippen LogP contribution in [0.2, 0.25) is 0 Å². The van der Waals surface area contributed by atoms with Gasteiger partial charge in [-0.05, 0) is 57.0 Å². The highest BCUT2D eigenvalue weighted by Gasteiger charge is 2.24. The molecule has 2 unspecified atom stereocenters. The molecule has 0 radical (unpaired) electrons. The molecule has 2 fully saturated rings. The molecule has 1 heterocycles. The molecule has 0 bridgehead atoms. The maximum atomic E-state index is 5.50. The minimum atomic E-state index is 0.561. The van der Waals surface area contributed by atoms with E-state index in [-0.39, 0.29) is 0 Å². The summed E-state index contributed by atoms with van der Waals surface area (Å²) >= 11 is 0. The molecule has 15 heavy (non-hydrogen) atoms. The number of hydrogen-bond acceptors (Lipinski definition) is 2. The van der Waals surface area contributed by atoms with Crippen LogP contribution in [0.3, 0.4) is 0 Å². The summed E-state index contributed by atoms with van der Waals surface area (Å²) in [5.74, 6) is 1.94. The molecule has 1 aliphatic carbocycles. The van der Waals surface area contributed by atoms with Gasteiger partial charge < -0.3 is 10.1 Å². The molecule has 2 heteroatoms. The van der Waals surface area contributed by atoms with E-state index in [2.05, 4.69) is 5.32 Å². The topological polar surface area (TPSA) is 21.3 Å². The van der Waals surface area contributed by atoms with Crippen LogP contribution >= 0.6 is 0 Å². The third-order valence-corrected chi connectivity index (χ3v) is 4.19. The van der Waals surface area contributed by atoms with Crippen LogP contribution in [0.4, 0.5) is 0 Å². The lowest BCUT2D eigenvalue weighted by atomic mass is 9.79. The van der Waals surface area contributed by atoms with E-state index in [0.29, 0.717) is 6.10 Å². The predicted molar refractivity (Wildman–Crippen MR) is 63.0 cm³/mol. The van der Waals surface area contributed by atoms with Crippen LogP contribution in [-0.4, -0.2) is 26.3 Å². The van der Waals surface area contributed by atoms with Crippen LogP contribution < -0.4 is 5.32 Å². The number of piperidine rings is 1. The average molecular weight is 211 g/mol. The van der Waals surface area contributed by atoms with E-state index < -0.39 is 0 Å². The first-order valence-electron chi connectivity index (χ1n) is 6.62. The van der Waals surface area contributed by atoms with Crippen molar-refractivity contribution < 1.29 is 4.74 Å². The van der Waals surface area contributed by atoms with Crippen LogP contribution in [0, 0.1) is 11.8 Å². The van der Waals surface area contributed by atoms with Gasteiger partial charge in [0.05, 0.1) is 6.10 Å². The fourth-order valence-corrected chi connectivity index (χ4v) is 3.26. The fourth-order valence-electron chi connectivity index (χ4n) is 3.26. The van der Waals surface area contributed by atoms with Gasteiger partial charge in [0, 0.05) is 7.11 Å². The molecule has 0 aromatic carbocycles. The summed E-state index contributed by atoms with van der Waals surface area (Å²) in [7, 11) is 1.87. The first-order chi connectivity index (χ1) is 7.38. The second kappa shape index (κ2) is 5.86. The van der Waals surface area contributed by atoms with Gasteiger partial charge in [-0.15, -0.1) is 0 Å². The van der Waals surface area contributed by atoms with E-state index in [1.54, 1.807) is 0 Å². The summed E-state index contributed by atoms with van der Waals surface area (Å²) in [4.78, 5) is 0. The Kier molecular flexibility index (Phi) is 4.45. The van der Waals surface area contributed by atoms with E-state index in [1.807, 2.05) is 7.11 Å². The number of methoxy groups -OCH3 is 1. The SMILES string of the molecule is COC1CCCC(CC2CCNCC2)C1. The molecular formula is C13H25NO. The zero-order valence-electron chi connectivity index (χ0n) is 10.0. The molecule has 1 aliphatic heterocycles. The summed E-state index contributed by atoms with van der Waals surface area (Å²) in [5.41, 5.74) is 0. The average Bonchev–Trinajstić information content (AvgIpc) is 2.31. The first-order valence-corrected chi connectivity index (χ1v) is 6.62. The monoisotopic (exact) mass is 211 g/mol.